The Morgan fingerprint density at radius 1 is 0.250 bits per heavy atom. The van der Waals surface area contributed by atoms with E-state index in [1.807, 2.05) is 0 Å². The summed E-state index contributed by atoms with van der Waals surface area (Å²) in [6, 6.07) is 86.6. The van der Waals surface area contributed by atoms with Gasteiger partial charge in [0.05, 0.1) is 0 Å². The van der Waals surface area contributed by atoms with Crippen LogP contribution in [0.5, 0.6) is 0 Å². The van der Waals surface area contributed by atoms with Crippen molar-refractivity contribution in [2.24, 2.45) is 0 Å². The van der Waals surface area contributed by atoms with Gasteiger partial charge in [-0.25, -0.2) is 0 Å². The van der Waals surface area contributed by atoms with Gasteiger partial charge in [0.1, 0.15) is 11.2 Å². The third kappa shape index (κ3) is 6.61. The quantitative estimate of drug-likeness (QED) is 0.0873. The lowest BCUT2D eigenvalue weighted by Crippen LogP contribution is -2.76. The lowest BCUT2D eigenvalue weighted by atomic mass is 9.76. The second kappa shape index (κ2) is 16.1. The smallest absolute Gasteiger partial charge is 0.289 e. The molecule has 0 fully saturated rings. The molecule has 8 aromatic rings. The van der Waals surface area contributed by atoms with Crippen LogP contribution in [0.25, 0.3) is 0 Å². The largest absolute Gasteiger partial charge is 0.391 e. The van der Waals surface area contributed by atoms with E-state index in [1.54, 1.807) is 0 Å². The normalized spacial score (nSPS) is 14.0. The highest BCUT2D eigenvalue weighted by atomic mass is 28.4. The fourth-order valence-corrected chi connectivity index (χ4v) is 16.9. The monoisotopic (exact) mass is 758 g/mol. The highest BCUT2D eigenvalue weighted by Gasteiger charge is 2.60. The van der Waals surface area contributed by atoms with Crippen LogP contribution in [-0.4, -0.2) is 16.6 Å². The van der Waals surface area contributed by atoms with Gasteiger partial charge in [-0.2, -0.15) is 0 Å². The van der Waals surface area contributed by atoms with Crippen LogP contribution >= 0.6 is 0 Å². The van der Waals surface area contributed by atoms with Crippen LogP contribution in [0.3, 0.4) is 0 Å². The second-order valence-corrected chi connectivity index (χ2v) is 21.2. The van der Waals surface area contributed by atoms with E-state index in [9.17, 15) is 0 Å². The van der Waals surface area contributed by atoms with Crippen LogP contribution in [0.2, 0.25) is 0 Å². The van der Waals surface area contributed by atoms with Crippen LogP contribution in [-0.2, 0) is 20.1 Å². The minimum absolute atomic E-state index is 1.03. The summed E-state index contributed by atoms with van der Waals surface area (Å²) in [7, 11) is -6.73. The number of hydrogen-bond donors (Lipinski definition) is 0. The first-order chi connectivity index (χ1) is 27.5. The standard InChI is InChI=1S/C52H46O2Si2/c1-51(43-27-11-3-12-28-43,53-55(45-31-15-5-16-32-45,46-33-17-6-18-34-46)47-35-19-7-20-36-47)52(2,44-29-13-4-14-30-44)54-56(48-37-21-8-22-38-48,49-39-23-9-24-40-49)50-41-25-10-26-42-50/h3-42H,1-2H3. The zero-order valence-corrected chi connectivity index (χ0v) is 33.9. The van der Waals surface area contributed by atoms with Crippen LogP contribution in [0.4, 0.5) is 0 Å². The molecule has 8 aromatic carbocycles. The molecule has 0 spiro atoms. The van der Waals surface area contributed by atoms with Gasteiger partial charge in [-0.15, -0.1) is 0 Å². The molecule has 0 aliphatic heterocycles. The zero-order valence-electron chi connectivity index (χ0n) is 31.9. The number of rotatable bonds is 13. The molecule has 0 saturated carbocycles. The predicted molar refractivity (Wildman–Crippen MR) is 238 cm³/mol. The minimum Gasteiger partial charge on any atom is -0.391 e. The van der Waals surface area contributed by atoms with E-state index in [2.05, 4.69) is 257 Å². The van der Waals surface area contributed by atoms with Gasteiger partial charge < -0.3 is 8.85 Å². The molecule has 4 heteroatoms. The SMILES string of the molecule is CC(O[Si](c1ccccc1)(c1ccccc1)c1ccccc1)(c1ccccc1)C(C)(O[Si](c1ccccc1)(c1ccccc1)c1ccccc1)c1ccccc1. The van der Waals surface area contributed by atoms with Gasteiger partial charge in [0.25, 0.3) is 16.6 Å². The van der Waals surface area contributed by atoms with Gasteiger partial charge in [-0.1, -0.05) is 243 Å². The Labute approximate surface area is 334 Å². The maximum absolute atomic E-state index is 8.48. The highest BCUT2D eigenvalue weighted by molar-refractivity contribution is 7.08. The summed E-state index contributed by atoms with van der Waals surface area (Å²) in [4.78, 5) is 0. The van der Waals surface area contributed by atoms with Crippen LogP contribution in [0.1, 0.15) is 25.0 Å². The fraction of sp³-hybridized carbons (Fsp3) is 0.0769. The Morgan fingerprint density at radius 2 is 0.411 bits per heavy atom. The predicted octanol–water partition coefficient (Wildman–Crippen LogP) is 8.18. The number of hydrogen-bond acceptors (Lipinski definition) is 2. The average molecular weight is 759 g/mol. The maximum Gasteiger partial charge on any atom is 0.289 e. The van der Waals surface area contributed by atoms with Crippen molar-refractivity contribution in [1.82, 2.24) is 0 Å². The molecule has 8 rings (SSSR count). The van der Waals surface area contributed by atoms with Crippen molar-refractivity contribution in [2.45, 2.75) is 25.0 Å². The van der Waals surface area contributed by atoms with E-state index in [4.69, 9.17) is 8.85 Å². The van der Waals surface area contributed by atoms with E-state index in [-0.39, 0.29) is 0 Å². The molecule has 2 unspecified atom stereocenters. The molecule has 0 aromatic heterocycles. The molecule has 0 bridgehead atoms. The molecule has 0 amide bonds. The van der Waals surface area contributed by atoms with Crippen molar-refractivity contribution in [2.75, 3.05) is 0 Å². The molecule has 0 saturated heterocycles. The maximum atomic E-state index is 8.48. The van der Waals surface area contributed by atoms with E-state index in [0.717, 1.165) is 42.2 Å². The Balaban J connectivity index is 1.50. The first-order valence-corrected chi connectivity index (χ1v) is 23.2. The first-order valence-electron chi connectivity index (χ1n) is 19.4. The summed E-state index contributed by atoms with van der Waals surface area (Å²) >= 11 is 0. The summed E-state index contributed by atoms with van der Waals surface area (Å²) in [5.74, 6) is 0. The fourth-order valence-electron chi connectivity index (χ4n) is 8.38. The first kappa shape index (κ1) is 37.1. The molecular formula is C52H46O2Si2. The van der Waals surface area contributed by atoms with Crippen molar-refractivity contribution < 1.29 is 8.85 Å². The van der Waals surface area contributed by atoms with Crippen molar-refractivity contribution >= 4 is 47.8 Å². The van der Waals surface area contributed by atoms with Crippen LogP contribution in [0.15, 0.2) is 243 Å². The van der Waals surface area contributed by atoms with E-state index in [0.29, 0.717) is 0 Å². The Kier molecular flexibility index (Phi) is 10.6. The van der Waals surface area contributed by atoms with Gasteiger partial charge in [-0.3, -0.25) is 0 Å². The molecule has 0 heterocycles. The van der Waals surface area contributed by atoms with Crippen LogP contribution in [0, 0.1) is 0 Å². The Hall–Kier alpha value is -5.89. The Bertz CT molecular complexity index is 2050. The van der Waals surface area contributed by atoms with Gasteiger partial charge in [-0.05, 0) is 56.1 Å². The number of benzene rings is 8. The second-order valence-electron chi connectivity index (χ2n) is 14.6. The van der Waals surface area contributed by atoms with Gasteiger partial charge in [0, 0.05) is 0 Å². The Morgan fingerprint density at radius 3 is 0.589 bits per heavy atom. The van der Waals surface area contributed by atoms with Crippen molar-refractivity contribution in [3.8, 4) is 0 Å². The van der Waals surface area contributed by atoms with Crippen LogP contribution < -0.4 is 31.1 Å². The molecule has 274 valence electrons. The topological polar surface area (TPSA) is 18.5 Å². The third-order valence-corrected chi connectivity index (χ3v) is 19.7. The molecule has 2 nitrogen and oxygen atoms in total. The molecule has 0 aliphatic carbocycles. The molecular weight excluding hydrogens is 713 g/mol. The van der Waals surface area contributed by atoms with E-state index >= 15 is 0 Å². The molecule has 56 heavy (non-hydrogen) atoms. The van der Waals surface area contributed by atoms with E-state index < -0.39 is 27.8 Å². The van der Waals surface area contributed by atoms with Gasteiger partial charge >= 0.3 is 0 Å². The van der Waals surface area contributed by atoms with E-state index in [1.165, 1.54) is 0 Å². The minimum atomic E-state index is -3.36. The lowest BCUT2D eigenvalue weighted by Gasteiger charge is -2.54. The summed E-state index contributed by atoms with van der Waals surface area (Å²) in [6.45, 7) is 4.54. The molecule has 0 radical (unpaired) electrons. The zero-order chi connectivity index (χ0) is 38.3. The van der Waals surface area contributed by atoms with Crippen molar-refractivity contribution in [3.05, 3.63) is 254 Å². The van der Waals surface area contributed by atoms with Crippen molar-refractivity contribution in [3.63, 3.8) is 0 Å². The summed E-state index contributed by atoms with van der Waals surface area (Å²) in [5.41, 5.74) is -0.105. The average Bonchev–Trinajstić information content (AvgIpc) is 3.29. The highest BCUT2D eigenvalue weighted by Crippen LogP contribution is 2.49. The molecule has 0 aliphatic rings. The summed E-state index contributed by atoms with van der Waals surface area (Å²) < 4.78 is 17.0. The lowest BCUT2D eigenvalue weighted by molar-refractivity contribution is -0.114. The molecule has 0 N–H and O–H groups in total. The van der Waals surface area contributed by atoms with Crippen molar-refractivity contribution in [1.29, 1.82) is 0 Å². The summed E-state index contributed by atoms with van der Waals surface area (Å²) in [5, 5.41) is 6.96. The third-order valence-electron chi connectivity index (χ3n) is 11.4. The summed E-state index contributed by atoms with van der Waals surface area (Å²) in [6.07, 6.45) is 0. The molecule has 2 atom stereocenters. The van der Waals surface area contributed by atoms with Gasteiger partial charge in [0.2, 0.25) is 0 Å². The van der Waals surface area contributed by atoms with Gasteiger partial charge in [0.15, 0.2) is 0 Å².